The van der Waals surface area contributed by atoms with Gasteiger partial charge in [-0.2, -0.15) is 0 Å². The lowest BCUT2D eigenvalue weighted by molar-refractivity contribution is 0.0479. The average molecular weight is 379 g/mol. The van der Waals surface area contributed by atoms with Crippen molar-refractivity contribution in [3.8, 4) is 0 Å². The molecule has 2 atom stereocenters. The molecule has 4 rings (SSSR count). The number of nitrogens with zero attached hydrogens (tertiary/aromatic N) is 1. The second kappa shape index (κ2) is 8.59. The third-order valence-electron chi connectivity index (χ3n) is 5.75. The highest BCUT2D eigenvalue weighted by atomic mass is 19.1. The zero-order valence-corrected chi connectivity index (χ0v) is 16.0. The first kappa shape index (κ1) is 18.7. The first-order valence-corrected chi connectivity index (χ1v) is 10.1. The molecule has 2 aromatic rings. The van der Waals surface area contributed by atoms with E-state index in [1.807, 2.05) is 41.3 Å². The summed E-state index contributed by atoms with van der Waals surface area (Å²) in [5.41, 5.74) is 3.41. The van der Waals surface area contributed by atoms with Crippen LogP contribution in [0.2, 0.25) is 0 Å². The van der Waals surface area contributed by atoms with E-state index in [0.717, 1.165) is 49.7 Å². The summed E-state index contributed by atoms with van der Waals surface area (Å²) in [5.74, 6) is -0.181. The number of piperidine rings is 1. The third-order valence-corrected chi connectivity index (χ3v) is 5.75. The summed E-state index contributed by atoms with van der Waals surface area (Å²) in [4.78, 5) is 14.7. The topological polar surface area (TPSA) is 29.5 Å². The van der Waals surface area contributed by atoms with Crippen molar-refractivity contribution in [2.75, 3.05) is 0 Å². The number of benzene rings is 2. The Hall–Kier alpha value is -2.62. The summed E-state index contributed by atoms with van der Waals surface area (Å²) in [6.07, 6.45) is 7.84. The molecule has 28 heavy (non-hydrogen) atoms. The van der Waals surface area contributed by atoms with Gasteiger partial charge in [-0.25, -0.2) is 9.18 Å². The van der Waals surface area contributed by atoms with Gasteiger partial charge in [0.15, 0.2) is 0 Å². The lowest BCUT2D eigenvalue weighted by atomic mass is 9.83. The second-order valence-corrected chi connectivity index (χ2v) is 7.76. The summed E-state index contributed by atoms with van der Waals surface area (Å²) < 4.78 is 19.0. The van der Waals surface area contributed by atoms with E-state index in [9.17, 15) is 9.18 Å². The van der Waals surface area contributed by atoms with Gasteiger partial charge >= 0.3 is 6.09 Å². The lowest BCUT2D eigenvalue weighted by Crippen LogP contribution is -2.51. The van der Waals surface area contributed by atoms with E-state index in [4.69, 9.17) is 4.74 Å². The molecule has 2 aliphatic rings. The van der Waals surface area contributed by atoms with Gasteiger partial charge in [0.05, 0.1) is 6.04 Å². The molecule has 0 radical (unpaired) electrons. The highest BCUT2D eigenvalue weighted by Crippen LogP contribution is 2.35. The summed E-state index contributed by atoms with van der Waals surface area (Å²) in [7, 11) is 0. The van der Waals surface area contributed by atoms with Gasteiger partial charge in [0.1, 0.15) is 12.4 Å². The van der Waals surface area contributed by atoms with E-state index in [-0.39, 0.29) is 24.0 Å². The maximum absolute atomic E-state index is 13.4. The highest BCUT2D eigenvalue weighted by Gasteiger charge is 2.37. The van der Waals surface area contributed by atoms with Crippen molar-refractivity contribution in [3.05, 3.63) is 83.2 Å². The molecule has 2 bridgehead atoms. The van der Waals surface area contributed by atoms with Crippen molar-refractivity contribution in [3.63, 3.8) is 0 Å². The smallest absolute Gasteiger partial charge is 0.410 e. The number of ether oxygens (including phenoxy) is 1. The van der Waals surface area contributed by atoms with Crippen LogP contribution in [0.5, 0.6) is 0 Å². The molecule has 0 aromatic heterocycles. The van der Waals surface area contributed by atoms with Crippen LogP contribution in [-0.2, 0) is 17.8 Å². The van der Waals surface area contributed by atoms with Crippen molar-refractivity contribution >= 4 is 6.09 Å². The number of carbonyl (C=O) groups excluding carboxylic acids is 1. The zero-order chi connectivity index (χ0) is 19.3. The number of hydrogen-bond donors (Lipinski definition) is 0. The Balaban J connectivity index is 1.38. The van der Waals surface area contributed by atoms with E-state index < -0.39 is 0 Å². The number of amides is 1. The Morgan fingerprint density at radius 3 is 2.64 bits per heavy atom. The van der Waals surface area contributed by atoms with Crippen LogP contribution >= 0.6 is 0 Å². The molecule has 0 saturated carbocycles. The maximum atomic E-state index is 13.4. The zero-order valence-electron chi connectivity index (χ0n) is 16.0. The molecular formula is C24H26FNO2. The Kier molecular flexibility index (Phi) is 5.75. The summed E-state index contributed by atoms with van der Waals surface area (Å²) in [6, 6.07) is 17.0. The molecule has 0 N–H and O–H groups in total. The van der Waals surface area contributed by atoms with Crippen LogP contribution in [0.15, 0.2) is 66.2 Å². The van der Waals surface area contributed by atoms with Gasteiger partial charge in [0.25, 0.3) is 0 Å². The Bertz CT molecular complexity index is 849. The second-order valence-electron chi connectivity index (χ2n) is 7.76. The molecule has 1 fully saturated rings. The van der Waals surface area contributed by atoms with E-state index in [2.05, 4.69) is 6.08 Å². The van der Waals surface area contributed by atoms with Crippen LogP contribution in [0.25, 0.3) is 0 Å². The molecule has 0 aliphatic carbocycles. The highest BCUT2D eigenvalue weighted by molar-refractivity contribution is 5.69. The van der Waals surface area contributed by atoms with Crippen LogP contribution in [0.3, 0.4) is 0 Å². The minimum absolute atomic E-state index is 0.123. The first-order valence-electron chi connectivity index (χ1n) is 10.1. The van der Waals surface area contributed by atoms with Crippen molar-refractivity contribution in [1.29, 1.82) is 0 Å². The molecule has 2 aromatic carbocycles. The molecule has 1 amide bonds. The molecule has 1 saturated heterocycles. The minimum Gasteiger partial charge on any atom is -0.445 e. The van der Waals surface area contributed by atoms with Crippen molar-refractivity contribution < 1.29 is 13.9 Å². The minimum atomic E-state index is -0.209. The Morgan fingerprint density at radius 2 is 1.86 bits per heavy atom. The Morgan fingerprint density at radius 1 is 1.04 bits per heavy atom. The van der Waals surface area contributed by atoms with Crippen LogP contribution in [0, 0.1) is 5.82 Å². The van der Waals surface area contributed by atoms with Crippen molar-refractivity contribution in [2.45, 2.75) is 57.2 Å². The quantitative estimate of drug-likeness (QED) is 0.629. The molecule has 4 heteroatoms. The third kappa shape index (κ3) is 4.44. The number of aryl methyl sites for hydroxylation is 1. The van der Waals surface area contributed by atoms with Gasteiger partial charge in [-0.1, -0.05) is 54.1 Å². The molecular weight excluding hydrogens is 353 g/mol. The van der Waals surface area contributed by atoms with Gasteiger partial charge in [0, 0.05) is 6.04 Å². The lowest BCUT2D eigenvalue weighted by Gasteiger charge is -2.44. The first-order chi connectivity index (χ1) is 13.7. The van der Waals surface area contributed by atoms with Gasteiger partial charge in [-0.05, 0) is 61.8 Å². The fourth-order valence-corrected chi connectivity index (χ4v) is 4.38. The van der Waals surface area contributed by atoms with E-state index >= 15 is 0 Å². The molecule has 2 unspecified atom stereocenters. The SMILES string of the molecule is O=C(OCc1ccccc1)N1C2C=C(CCc3cccc(F)c3)CC1CCC2. The normalized spacial score (nSPS) is 21.2. The summed E-state index contributed by atoms with van der Waals surface area (Å²) in [5, 5.41) is 0. The number of carbonyl (C=O) groups is 1. The van der Waals surface area contributed by atoms with E-state index in [0.29, 0.717) is 6.61 Å². The largest absolute Gasteiger partial charge is 0.445 e. The number of rotatable bonds is 5. The summed E-state index contributed by atoms with van der Waals surface area (Å²) >= 11 is 0. The molecule has 0 spiro atoms. The molecule has 2 aliphatic heterocycles. The van der Waals surface area contributed by atoms with Crippen molar-refractivity contribution in [2.24, 2.45) is 0 Å². The van der Waals surface area contributed by atoms with Crippen LogP contribution in [-0.4, -0.2) is 23.1 Å². The van der Waals surface area contributed by atoms with Crippen LogP contribution < -0.4 is 0 Å². The van der Waals surface area contributed by atoms with Gasteiger partial charge < -0.3 is 4.74 Å². The maximum Gasteiger partial charge on any atom is 0.410 e. The average Bonchev–Trinajstić information content (AvgIpc) is 2.70. The van der Waals surface area contributed by atoms with Gasteiger partial charge in [-0.15, -0.1) is 0 Å². The summed E-state index contributed by atoms with van der Waals surface area (Å²) in [6.45, 7) is 0.311. The van der Waals surface area contributed by atoms with Crippen LogP contribution in [0.4, 0.5) is 9.18 Å². The number of halogens is 1. The van der Waals surface area contributed by atoms with Crippen molar-refractivity contribution in [1.82, 2.24) is 4.90 Å². The molecule has 2 heterocycles. The number of hydrogen-bond acceptors (Lipinski definition) is 2. The monoisotopic (exact) mass is 379 g/mol. The fourth-order valence-electron chi connectivity index (χ4n) is 4.38. The van der Waals surface area contributed by atoms with Crippen LogP contribution in [0.1, 0.15) is 43.2 Å². The predicted octanol–water partition coefficient (Wildman–Crippen LogP) is 5.65. The van der Waals surface area contributed by atoms with E-state index in [1.54, 1.807) is 12.1 Å². The Labute approximate surface area is 165 Å². The molecule has 146 valence electrons. The predicted molar refractivity (Wildman–Crippen MR) is 107 cm³/mol. The van der Waals surface area contributed by atoms with Gasteiger partial charge in [-0.3, -0.25) is 4.90 Å². The number of fused-ring (bicyclic) bond motifs is 2. The van der Waals surface area contributed by atoms with Gasteiger partial charge in [0.2, 0.25) is 0 Å². The van der Waals surface area contributed by atoms with E-state index in [1.165, 1.54) is 11.6 Å². The standard InChI is InChI=1S/C24H26FNO2/c25-21-9-4-8-18(14-21)12-13-20-15-22-10-5-11-23(16-20)26(22)24(27)28-17-19-6-2-1-3-7-19/h1-4,6-9,14-15,22-23H,5,10-13,16-17H2. The fraction of sp³-hybridized carbons (Fsp3) is 0.375. The molecule has 3 nitrogen and oxygen atoms in total.